The molecule has 150 valence electrons. The van der Waals surface area contributed by atoms with Gasteiger partial charge in [0.05, 0.1) is 25.9 Å². The first-order valence-electron chi connectivity index (χ1n) is 8.84. The van der Waals surface area contributed by atoms with Gasteiger partial charge in [-0.25, -0.2) is 4.79 Å². The molecule has 1 amide bonds. The topological polar surface area (TPSA) is 97.7 Å². The van der Waals surface area contributed by atoms with E-state index in [1.54, 1.807) is 37.4 Å². The number of nitrogens with zero attached hydrogens (tertiary/aromatic N) is 1. The van der Waals surface area contributed by atoms with Crippen molar-refractivity contribution in [2.24, 2.45) is 0 Å². The van der Waals surface area contributed by atoms with Gasteiger partial charge in [-0.2, -0.15) is 5.26 Å². The van der Waals surface area contributed by atoms with Crippen molar-refractivity contribution in [2.45, 2.75) is 20.0 Å². The highest BCUT2D eigenvalue weighted by Gasteiger charge is 2.13. The van der Waals surface area contributed by atoms with Gasteiger partial charge in [-0.1, -0.05) is 0 Å². The average Bonchev–Trinajstić information content (AvgIpc) is 2.72. The fourth-order valence-corrected chi connectivity index (χ4v) is 2.43. The molecule has 7 heteroatoms. The van der Waals surface area contributed by atoms with Gasteiger partial charge in [0.2, 0.25) is 0 Å². The number of nitrogens with one attached hydrogen (secondary N) is 1. The fourth-order valence-electron chi connectivity index (χ4n) is 2.43. The van der Waals surface area contributed by atoms with Crippen molar-refractivity contribution in [3.05, 3.63) is 59.2 Å². The quantitative estimate of drug-likeness (QED) is 0.436. The third-order valence-electron chi connectivity index (χ3n) is 3.81. The van der Waals surface area contributed by atoms with E-state index in [0.29, 0.717) is 28.3 Å². The summed E-state index contributed by atoms with van der Waals surface area (Å²) in [5.41, 5.74) is 1.28. The predicted molar refractivity (Wildman–Crippen MR) is 109 cm³/mol. The summed E-state index contributed by atoms with van der Waals surface area (Å²) in [6.07, 6.45) is 1.36. The van der Waals surface area contributed by atoms with E-state index in [2.05, 4.69) is 10.1 Å². The third kappa shape index (κ3) is 5.84. The number of methoxy groups -OCH3 is 2. The summed E-state index contributed by atoms with van der Waals surface area (Å²) in [5.74, 6) is 0.0519. The molecule has 0 aliphatic rings. The number of benzene rings is 2. The van der Waals surface area contributed by atoms with E-state index in [4.69, 9.17) is 9.47 Å². The van der Waals surface area contributed by atoms with Gasteiger partial charge >= 0.3 is 5.97 Å². The van der Waals surface area contributed by atoms with Crippen molar-refractivity contribution in [1.82, 2.24) is 0 Å². The number of carbonyl (C=O) groups is 2. The maximum atomic E-state index is 12.5. The Bertz CT molecular complexity index is 956. The molecule has 0 spiro atoms. The van der Waals surface area contributed by atoms with Crippen molar-refractivity contribution >= 4 is 23.6 Å². The molecule has 0 aliphatic heterocycles. The van der Waals surface area contributed by atoms with Crippen LogP contribution < -0.4 is 14.8 Å². The maximum Gasteiger partial charge on any atom is 0.337 e. The lowest BCUT2D eigenvalue weighted by molar-refractivity contribution is -0.112. The molecule has 7 nitrogen and oxygen atoms in total. The van der Waals surface area contributed by atoms with Crippen molar-refractivity contribution in [2.75, 3.05) is 19.5 Å². The van der Waals surface area contributed by atoms with Crippen LogP contribution in [0, 0.1) is 11.3 Å². The van der Waals surface area contributed by atoms with Gasteiger partial charge in [-0.15, -0.1) is 0 Å². The molecule has 0 saturated heterocycles. The molecule has 0 aromatic heterocycles. The molecule has 1 N–H and O–H groups in total. The van der Waals surface area contributed by atoms with Gasteiger partial charge in [0, 0.05) is 17.3 Å². The summed E-state index contributed by atoms with van der Waals surface area (Å²) in [6, 6.07) is 13.2. The third-order valence-corrected chi connectivity index (χ3v) is 3.81. The summed E-state index contributed by atoms with van der Waals surface area (Å²) < 4.78 is 15.6. The molecule has 0 aliphatic carbocycles. The lowest BCUT2D eigenvalue weighted by atomic mass is 10.1. The number of rotatable bonds is 7. The largest absolute Gasteiger partial charge is 0.497 e. The van der Waals surface area contributed by atoms with E-state index in [0.717, 1.165) is 0 Å². The van der Waals surface area contributed by atoms with Crippen LogP contribution in [0.5, 0.6) is 11.5 Å². The highest BCUT2D eigenvalue weighted by molar-refractivity contribution is 6.10. The molecular formula is C22H22N2O5. The minimum atomic E-state index is -0.579. The minimum Gasteiger partial charge on any atom is -0.497 e. The summed E-state index contributed by atoms with van der Waals surface area (Å²) in [6.45, 7) is 3.76. The highest BCUT2D eigenvalue weighted by atomic mass is 16.5. The van der Waals surface area contributed by atoms with Gasteiger partial charge in [0.1, 0.15) is 23.1 Å². The molecule has 0 bridgehead atoms. The molecule has 29 heavy (non-hydrogen) atoms. The number of hydrogen-bond donors (Lipinski definition) is 1. The molecule has 0 radical (unpaired) electrons. The normalized spacial score (nSPS) is 10.8. The van der Waals surface area contributed by atoms with Gasteiger partial charge in [-0.05, 0) is 56.3 Å². The second-order valence-corrected chi connectivity index (χ2v) is 6.26. The van der Waals surface area contributed by atoms with Crippen LogP contribution in [0.4, 0.5) is 5.69 Å². The molecule has 2 aromatic rings. The lowest BCUT2D eigenvalue weighted by Gasteiger charge is -2.14. The van der Waals surface area contributed by atoms with Crippen LogP contribution in [0.15, 0.2) is 48.0 Å². The number of esters is 1. The lowest BCUT2D eigenvalue weighted by Crippen LogP contribution is -2.14. The predicted octanol–water partition coefficient (Wildman–Crippen LogP) is 3.81. The number of carbonyl (C=O) groups excluding carboxylic acids is 2. The van der Waals surface area contributed by atoms with Crippen LogP contribution in [0.2, 0.25) is 0 Å². The number of anilines is 1. The Morgan fingerprint density at radius 2 is 1.79 bits per heavy atom. The van der Waals surface area contributed by atoms with Crippen LogP contribution in [0.3, 0.4) is 0 Å². The molecule has 2 aromatic carbocycles. The van der Waals surface area contributed by atoms with E-state index in [1.807, 2.05) is 19.9 Å². The summed E-state index contributed by atoms with van der Waals surface area (Å²) in [5, 5.41) is 12.1. The Balaban J connectivity index is 2.26. The highest BCUT2D eigenvalue weighted by Crippen LogP contribution is 2.28. The molecular weight excluding hydrogens is 372 g/mol. The zero-order valence-electron chi connectivity index (χ0n) is 16.7. The van der Waals surface area contributed by atoms with E-state index < -0.39 is 11.9 Å². The number of ether oxygens (including phenoxy) is 3. The van der Waals surface area contributed by atoms with E-state index in [9.17, 15) is 14.9 Å². The second kappa shape index (κ2) is 9.95. The van der Waals surface area contributed by atoms with E-state index in [-0.39, 0.29) is 11.7 Å². The second-order valence-electron chi connectivity index (χ2n) is 6.26. The Morgan fingerprint density at radius 3 is 2.34 bits per heavy atom. The Labute approximate surface area is 169 Å². The number of amides is 1. The molecule has 0 saturated carbocycles. The first kappa shape index (κ1) is 21.5. The summed E-state index contributed by atoms with van der Waals surface area (Å²) in [4.78, 5) is 24.0. The fraction of sp³-hybridized carbons (Fsp3) is 0.227. The monoisotopic (exact) mass is 394 g/mol. The summed E-state index contributed by atoms with van der Waals surface area (Å²) >= 11 is 0. The SMILES string of the molecule is COC(=O)c1ccc(NC(=O)/C(C#N)=C/c2ccc(OC)cc2OC(C)C)cc1. The first-order valence-corrected chi connectivity index (χ1v) is 8.84. The van der Waals surface area contributed by atoms with E-state index in [1.165, 1.54) is 25.3 Å². The van der Waals surface area contributed by atoms with Crippen LogP contribution in [-0.2, 0) is 9.53 Å². The average molecular weight is 394 g/mol. The van der Waals surface area contributed by atoms with Gasteiger partial charge in [0.15, 0.2) is 0 Å². The number of nitriles is 1. The first-order chi connectivity index (χ1) is 13.9. The number of hydrogen-bond acceptors (Lipinski definition) is 6. The van der Waals surface area contributed by atoms with Gasteiger partial charge < -0.3 is 19.5 Å². The molecule has 2 rings (SSSR count). The van der Waals surface area contributed by atoms with Crippen molar-refractivity contribution in [3.8, 4) is 17.6 Å². The minimum absolute atomic E-state index is 0.0954. The van der Waals surface area contributed by atoms with Crippen molar-refractivity contribution < 1.29 is 23.8 Å². The molecule has 0 atom stereocenters. The zero-order chi connectivity index (χ0) is 21.4. The zero-order valence-corrected chi connectivity index (χ0v) is 16.7. The standard InChI is InChI=1S/C22H22N2O5/c1-14(2)29-20-12-19(27-3)10-7-16(20)11-17(13-23)21(25)24-18-8-5-15(6-9-18)22(26)28-4/h5-12,14H,1-4H3,(H,24,25)/b17-11+. The van der Waals surface area contributed by atoms with Crippen molar-refractivity contribution in [3.63, 3.8) is 0 Å². The molecule has 0 fully saturated rings. The van der Waals surface area contributed by atoms with Gasteiger partial charge in [0.25, 0.3) is 5.91 Å². The smallest absolute Gasteiger partial charge is 0.337 e. The summed E-state index contributed by atoms with van der Waals surface area (Å²) in [7, 11) is 2.84. The Hall–Kier alpha value is -3.79. The van der Waals surface area contributed by atoms with E-state index >= 15 is 0 Å². The maximum absolute atomic E-state index is 12.5. The Kier molecular flexibility index (Phi) is 7.38. The van der Waals surface area contributed by atoms with Crippen molar-refractivity contribution in [1.29, 1.82) is 5.26 Å². The Morgan fingerprint density at radius 1 is 1.10 bits per heavy atom. The van der Waals surface area contributed by atoms with Crippen LogP contribution in [-0.4, -0.2) is 32.2 Å². The van der Waals surface area contributed by atoms with Crippen LogP contribution >= 0.6 is 0 Å². The molecule has 0 unspecified atom stereocenters. The molecule has 0 heterocycles. The van der Waals surface area contributed by atoms with Crippen LogP contribution in [0.25, 0.3) is 6.08 Å². The van der Waals surface area contributed by atoms with Gasteiger partial charge in [-0.3, -0.25) is 4.79 Å². The van der Waals surface area contributed by atoms with Crippen LogP contribution in [0.1, 0.15) is 29.8 Å².